The van der Waals surface area contributed by atoms with Crippen molar-refractivity contribution in [2.45, 2.75) is 6.42 Å². The van der Waals surface area contributed by atoms with Gasteiger partial charge in [-0.15, -0.1) is 0 Å². The molecule has 0 saturated carbocycles. The molecule has 0 N–H and O–H groups in total. The van der Waals surface area contributed by atoms with Gasteiger partial charge in [0, 0.05) is 19.8 Å². The number of fused-ring (bicyclic) bond motifs is 2. The smallest absolute Gasteiger partial charge is 0.0396 e. The number of rotatable bonds is 1. The number of likely N-dealkylation sites (N-methyl/N-ethyl adjacent to an activating group) is 1. The molecule has 0 radical (unpaired) electrons. The van der Waals surface area contributed by atoms with Crippen LogP contribution in [0.4, 0.5) is 0 Å². The molecule has 0 atom stereocenters. The van der Waals surface area contributed by atoms with Gasteiger partial charge in [-0.1, -0.05) is 36.5 Å². The lowest BCUT2D eigenvalue weighted by molar-refractivity contribution is 0.519. The predicted octanol–water partition coefficient (Wildman–Crippen LogP) is 2.81. The van der Waals surface area contributed by atoms with Gasteiger partial charge >= 0.3 is 0 Å². The van der Waals surface area contributed by atoms with Crippen LogP contribution in [0.2, 0.25) is 0 Å². The number of nitrogens with zero attached hydrogens (tertiary/aromatic N) is 1. The summed E-state index contributed by atoms with van der Waals surface area (Å²) in [5.41, 5.74) is 4.06. The summed E-state index contributed by atoms with van der Waals surface area (Å²) in [6, 6.07) is 0. The van der Waals surface area contributed by atoms with Gasteiger partial charge in [0.15, 0.2) is 0 Å². The van der Waals surface area contributed by atoms with E-state index < -0.39 is 0 Å². The van der Waals surface area contributed by atoms with Crippen LogP contribution < -0.4 is 0 Å². The lowest BCUT2D eigenvalue weighted by Gasteiger charge is -2.18. The van der Waals surface area contributed by atoms with Crippen LogP contribution in [0.25, 0.3) is 0 Å². The Morgan fingerprint density at radius 2 is 1.79 bits per heavy atom. The first-order valence-corrected chi connectivity index (χ1v) is 4.90. The zero-order valence-electron chi connectivity index (χ0n) is 8.70. The van der Waals surface area contributed by atoms with Gasteiger partial charge in [0.2, 0.25) is 0 Å². The molecule has 0 saturated heterocycles. The lowest BCUT2D eigenvalue weighted by atomic mass is 10.0. The maximum Gasteiger partial charge on any atom is 0.0396 e. The Bertz CT molecular complexity index is 376. The Kier molecular flexibility index (Phi) is 2.40. The highest BCUT2D eigenvalue weighted by molar-refractivity contribution is 5.47. The van der Waals surface area contributed by atoms with Crippen LogP contribution in [0.3, 0.4) is 0 Å². The Hall–Kier alpha value is -1.50. The molecule has 0 unspecified atom stereocenters. The van der Waals surface area contributed by atoms with E-state index in [0.717, 1.165) is 6.42 Å². The number of hydrogen-bond donors (Lipinski definition) is 0. The molecule has 0 spiro atoms. The fourth-order valence-electron chi connectivity index (χ4n) is 1.79. The summed E-state index contributed by atoms with van der Waals surface area (Å²) in [4.78, 5) is 2.16. The number of hydrogen-bond acceptors (Lipinski definition) is 1. The largest absolute Gasteiger partial charge is 0.377 e. The fraction of sp³-hybridized carbons (Fsp3) is 0.231. The monoisotopic (exact) mass is 185 g/mol. The average Bonchev–Trinajstić information content (AvgIpc) is 2.48. The SMILES string of the molecule is CN(C)C1=CC=CC2=CC=CC=C1C2. The van der Waals surface area contributed by atoms with Crippen molar-refractivity contribution in [3.8, 4) is 0 Å². The van der Waals surface area contributed by atoms with Crippen molar-refractivity contribution < 1.29 is 0 Å². The molecule has 0 aromatic carbocycles. The first-order chi connectivity index (χ1) is 6.77. The van der Waals surface area contributed by atoms with Gasteiger partial charge in [0.05, 0.1) is 0 Å². The summed E-state index contributed by atoms with van der Waals surface area (Å²) in [6.45, 7) is 0. The number of allylic oxidation sites excluding steroid dienone is 9. The highest BCUT2D eigenvalue weighted by Crippen LogP contribution is 2.26. The van der Waals surface area contributed by atoms with Crippen molar-refractivity contribution in [2.24, 2.45) is 0 Å². The van der Waals surface area contributed by atoms with Crippen molar-refractivity contribution >= 4 is 0 Å². The Morgan fingerprint density at radius 1 is 1.00 bits per heavy atom. The topological polar surface area (TPSA) is 3.24 Å². The van der Waals surface area contributed by atoms with Crippen molar-refractivity contribution in [2.75, 3.05) is 14.1 Å². The standard InChI is InChI=1S/C13H15N/c1-14(2)13-9-5-7-11-6-3-4-8-12(13)10-11/h3-9H,10H2,1-2H3. The van der Waals surface area contributed by atoms with E-state index in [0.29, 0.717) is 0 Å². The molecule has 72 valence electrons. The second kappa shape index (κ2) is 3.70. The second-order valence-electron chi connectivity index (χ2n) is 3.80. The zero-order valence-corrected chi connectivity index (χ0v) is 8.70. The van der Waals surface area contributed by atoms with Crippen LogP contribution >= 0.6 is 0 Å². The Balaban J connectivity index is 2.43. The summed E-state index contributed by atoms with van der Waals surface area (Å²) in [6.07, 6.45) is 16.1. The molecule has 0 heterocycles. The van der Waals surface area contributed by atoms with Gasteiger partial charge < -0.3 is 4.90 Å². The molecule has 1 nitrogen and oxygen atoms in total. The highest BCUT2D eigenvalue weighted by atomic mass is 15.1. The van der Waals surface area contributed by atoms with E-state index in [1.807, 2.05) is 0 Å². The molecule has 0 aliphatic heterocycles. The maximum atomic E-state index is 2.20. The van der Waals surface area contributed by atoms with E-state index in [1.54, 1.807) is 0 Å². The van der Waals surface area contributed by atoms with Crippen molar-refractivity contribution in [3.63, 3.8) is 0 Å². The molecule has 2 rings (SSSR count). The first-order valence-electron chi connectivity index (χ1n) is 4.90. The van der Waals surface area contributed by atoms with Crippen molar-refractivity contribution in [1.82, 2.24) is 4.90 Å². The van der Waals surface area contributed by atoms with Crippen LogP contribution in [0, 0.1) is 0 Å². The highest BCUT2D eigenvalue weighted by Gasteiger charge is 2.10. The van der Waals surface area contributed by atoms with Crippen molar-refractivity contribution in [3.05, 3.63) is 59.4 Å². The molecule has 0 aromatic rings. The third kappa shape index (κ3) is 1.72. The zero-order chi connectivity index (χ0) is 9.97. The van der Waals surface area contributed by atoms with Gasteiger partial charge in [0.25, 0.3) is 0 Å². The lowest BCUT2D eigenvalue weighted by Crippen LogP contribution is -2.12. The summed E-state index contributed by atoms with van der Waals surface area (Å²) in [7, 11) is 4.17. The molecule has 1 heteroatoms. The molecule has 0 aromatic heterocycles. The van der Waals surface area contributed by atoms with Gasteiger partial charge in [-0.2, -0.15) is 0 Å². The summed E-state index contributed by atoms with van der Waals surface area (Å²) >= 11 is 0. The first kappa shape index (κ1) is 9.07. The van der Waals surface area contributed by atoms with Gasteiger partial charge in [-0.05, 0) is 23.6 Å². The average molecular weight is 185 g/mol. The fourth-order valence-corrected chi connectivity index (χ4v) is 1.79. The summed E-state index contributed by atoms with van der Waals surface area (Å²) in [5.74, 6) is 0. The molecule has 2 aliphatic rings. The molecule has 2 bridgehead atoms. The van der Waals surface area contributed by atoms with Gasteiger partial charge in [0.1, 0.15) is 0 Å². The van der Waals surface area contributed by atoms with Crippen molar-refractivity contribution in [1.29, 1.82) is 0 Å². The minimum absolute atomic E-state index is 1.04. The van der Waals surface area contributed by atoms with E-state index in [-0.39, 0.29) is 0 Å². The van der Waals surface area contributed by atoms with Gasteiger partial charge in [-0.25, -0.2) is 0 Å². The van der Waals surface area contributed by atoms with E-state index in [4.69, 9.17) is 0 Å². The maximum absolute atomic E-state index is 2.20. The molecule has 14 heavy (non-hydrogen) atoms. The minimum atomic E-state index is 1.04. The van der Waals surface area contributed by atoms with Crippen LogP contribution in [-0.4, -0.2) is 19.0 Å². The van der Waals surface area contributed by atoms with E-state index in [9.17, 15) is 0 Å². The van der Waals surface area contributed by atoms with Crippen LogP contribution in [0.1, 0.15) is 6.42 Å². The van der Waals surface area contributed by atoms with Crippen LogP contribution in [0.5, 0.6) is 0 Å². The molecule has 0 fully saturated rings. The Morgan fingerprint density at radius 3 is 2.57 bits per heavy atom. The molecular formula is C13H15N. The minimum Gasteiger partial charge on any atom is -0.377 e. The summed E-state index contributed by atoms with van der Waals surface area (Å²) in [5, 5.41) is 0. The third-order valence-corrected chi connectivity index (χ3v) is 2.49. The third-order valence-electron chi connectivity index (χ3n) is 2.49. The van der Waals surface area contributed by atoms with E-state index in [1.165, 1.54) is 16.8 Å². The van der Waals surface area contributed by atoms with Crippen LogP contribution in [-0.2, 0) is 0 Å². The van der Waals surface area contributed by atoms with E-state index >= 15 is 0 Å². The normalized spacial score (nSPS) is 19.1. The molecular weight excluding hydrogens is 170 g/mol. The van der Waals surface area contributed by atoms with Gasteiger partial charge in [-0.3, -0.25) is 0 Å². The molecule has 0 amide bonds. The molecule has 2 aliphatic carbocycles. The quantitative estimate of drug-likeness (QED) is 0.607. The second-order valence-corrected chi connectivity index (χ2v) is 3.80. The van der Waals surface area contributed by atoms with E-state index in [2.05, 4.69) is 61.5 Å². The Labute approximate surface area is 85.4 Å². The summed E-state index contributed by atoms with van der Waals surface area (Å²) < 4.78 is 0. The predicted molar refractivity (Wildman–Crippen MR) is 60.8 cm³/mol. The van der Waals surface area contributed by atoms with Crippen LogP contribution in [0.15, 0.2) is 59.4 Å².